The topological polar surface area (TPSA) is 113 Å². The molecule has 0 radical (unpaired) electrons. The number of rotatable bonds is 8. The highest BCUT2D eigenvalue weighted by Gasteiger charge is 2.18. The largest absolute Gasteiger partial charge is 0.455 e. The van der Waals surface area contributed by atoms with Crippen LogP contribution >= 0.6 is 15.9 Å². The van der Waals surface area contributed by atoms with Crippen molar-refractivity contribution in [2.75, 3.05) is 0 Å². The van der Waals surface area contributed by atoms with E-state index in [1.165, 1.54) is 16.8 Å². The lowest BCUT2D eigenvalue weighted by Gasteiger charge is -2.11. The van der Waals surface area contributed by atoms with Crippen LogP contribution in [-0.2, 0) is 18.5 Å². The Balaban J connectivity index is 1.37. The highest BCUT2D eigenvalue weighted by molar-refractivity contribution is 9.10. The Morgan fingerprint density at radius 2 is 1.86 bits per heavy atom. The average molecular weight is 550 g/mol. The summed E-state index contributed by atoms with van der Waals surface area (Å²) in [6.07, 6.45) is 0. The molecular weight excluding hydrogens is 533 g/mol. The van der Waals surface area contributed by atoms with Crippen LogP contribution in [0.2, 0.25) is 0 Å². The van der Waals surface area contributed by atoms with Gasteiger partial charge >= 0.3 is 0 Å². The third kappa shape index (κ3) is 5.13. The lowest BCUT2D eigenvalue weighted by Crippen LogP contribution is -2.12. The van der Waals surface area contributed by atoms with Crippen molar-refractivity contribution in [1.82, 2.24) is 30.4 Å². The molecule has 0 unspecified atom stereocenters. The number of halogens is 2. The molecule has 180 valence electrons. The third-order valence-corrected chi connectivity index (χ3v) is 5.53. The summed E-state index contributed by atoms with van der Waals surface area (Å²) in [5.41, 5.74) is 1.74. The molecular formula is C24H17BrFN7O3. The van der Waals surface area contributed by atoms with Crippen LogP contribution in [0.4, 0.5) is 4.39 Å². The van der Waals surface area contributed by atoms with Crippen molar-refractivity contribution in [2.45, 2.75) is 6.61 Å². The maximum absolute atomic E-state index is 13.6. The second kappa shape index (κ2) is 10.4. The maximum Gasteiger partial charge on any atom is 0.257 e. The van der Waals surface area contributed by atoms with Gasteiger partial charge in [0.25, 0.3) is 11.8 Å². The molecule has 0 spiro atoms. The van der Waals surface area contributed by atoms with Crippen LogP contribution < -0.4 is 4.74 Å². The van der Waals surface area contributed by atoms with Gasteiger partial charge in [-0.25, -0.2) is 9.07 Å². The number of oxime groups is 1. The smallest absolute Gasteiger partial charge is 0.257 e. The minimum absolute atomic E-state index is 0.0945. The van der Waals surface area contributed by atoms with E-state index in [1.54, 1.807) is 37.4 Å². The van der Waals surface area contributed by atoms with Gasteiger partial charge in [-0.3, -0.25) is 0 Å². The van der Waals surface area contributed by atoms with E-state index in [9.17, 15) is 4.39 Å². The number of ether oxygens (including phenoxy) is 1. The van der Waals surface area contributed by atoms with Crippen LogP contribution in [0.1, 0.15) is 17.3 Å². The van der Waals surface area contributed by atoms with Gasteiger partial charge in [-0.15, -0.1) is 15.3 Å². The minimum Gasteiger partial charge on any atom is -0.455 e. The Morgan fingerprint density at radius 1 is 1.03 bits per heavy atom. The second-order valence-corrected chi connectivity index (χ2v) is 8.24. The van der Waals surface area contributed by atoms with Crippen molar-refractivity contribution >= 4 is 21.6 Å². The van der Waals surface area contributed by atoms with Crippen LogP contribution in [0, 0.1) is 5.82 Å². The van der Waals surface area contributed by atoms with Gasteiger partial charge in [0, 0.05) is 18.7 Å². The van der Waals surface area contributed by atoms with Crippen LogP contribution in [0.15, 0.2) is 86.8 Å². The molecule has 5 rings (SSSR count). The van der Waals surface area contributed by atoms with Crippen molar-refractivity contribution in [3.05, 3.63) is 100 Å². The van der Waals surface area contributed by atoms with E-state index in [0.717, 1.165) is 5.56 Å². The van der Waals surface area contributed by atoms with E-state index in [1.807, 2.05) is 30.3 Å². The van der Waals surface area contributed by atoms with E-state index >= 15 is 0 Å². The summed E-state index contributed by atoms with van der Waals surface area (Å²) in [5, 5.41) is 23.9. The number of nitrogens with zero attached hydrogens (tertiary/aromatic N) is 7. The molecule has 0 atom stereocenters. The average Bonchev–Trinajstić information content (AvgIpc) is 3.53. The number of benzene rings is 3. The first-order chi connectivity index (χ1) is 17.6. The van der Waals surface area contributed by atoms with Crippen molar-refractivity contribution in [2.24, 2.45) is 12.2 Å². The lowest BCUT2D eigenvalue weighted by atomic mass is 10.1. The summed E-state index contributed by atoms with van der Waals surface area (Å²) < 4.78 is 27.5. The Kier molecular flexibility index (Phi) is 6.76. The molecule has 10 nitrogen and oxygen atoms in total. The van der Waals surface area contributed by atoms with E-state index in [0.29, 0.717) is 33.1 Å². The summed E-state index contributed by atoms with van der Waals surface area (Å²) in [4.78, 5) is 5.53. The monoisotopic (exact) mass is 549 g/mol. The molecule has 0 saturated heterocycles. The molecule has 5 aromatic rings. The van der Waals surface area contributed by atoms with Crippen LogP contribution in [0.3, 0.4) is 0 Å². The first-order valence-electron chi connectivity index (χ1n) is 10.6. The molecule has 2 heterocycles. The standard InChI is InChI=1S/C24H17BrFN7O3/c1-33-23(28-31-32-33)21(15-7-3-2-4-8-15)30-34-14-20-27-29-24(36-20)18-11-6-12-19(25)22(18)35-17-10-5-9-16(26)13-17/h2-13H,14H2,1H3/b30-21-. The molecule has 0 N–H and O–H groups in total. The SMILES string of the molecule is Cn1nnnc1/C(=N\OCc1nnc(-c2cccc(Br)c2Oc2cccc(F)c2)o1)c1ccccc1. The van der Waals surface area contributed by atoms with Gasteiger partial charge in [0.15, 0.2) is 18.1 Å². The molecule has 0 fully saturated rings. The van der Waals surface area contributed by atoms with Gasteiger partial charge < -0.3 is 14.0 Å². The predicted octanol–water partition coefficient (Wildman–Crippen LogP) is 4.92. The third-order valence-electron chi connectivity index (χ3n) is 4.90. The molecule has 12 heteroatoms. The zero-order chi connectivity index (χ0) is 24.9. The number of aryl methyl sites for hydroxylation is 1. The molecule has 0 aliphatic carbocycles. The minimum atomic E-state index is -0.411. The number of tetrazole rings is 1. The molecule has 0 saturated carbocycles. The molecule has 3 aromatic carbocycles. The summed E-state index contributed by atoms with van der Waals surface area (Å²) in [6.45, 7) is -0.0945. The molecule has 2 aromatic heterocycles. The van der Waals surface area contributed by atoms with Gasteiger partial charge in [0.05, 0.1) is 10.0 Å². The lowest BCUT2D eigenvalue weighted by molar-refractivity contribution is 0.111. The van der Waals surface area contributed by atoms with Crippen molar-refractivity contribution in [3.63, 3.8) is 0 Å². The maximum atomic E-state index is 13.6. The van der Waals surface area contributed by atoms with Crippen LogP contribution in [0.25, 0.3) is 11.5 Å². The second-order valence-electron chi connectivity index (χ2n) is 7.38. The van der Waals surface area contributed by atoms with Crippen molar-refractivity contribution in [3.8, 4) is 23.0 Å². The highest BCUT2D eigenvalue weighted by Crippen LogP contribution is 2.38. The molecule has 0 amide bonds. The van der Waals surface area contributed by atoms with E-state index in [2.05, 4.69) is 46.8 Å². The number of aromatic nitrogens is 6. The fourth-order valence-electron chi connectivity index (χ4n) is 3.25. The van der Waals surface area contributed by atoms with E-state index in [4.69, 9.17) is 14.0 Å². The number of hydrogen-bond acceptors (Lipinski definition) is 9. The van der Waals surface area contributed by atoms with E-state index < -0.39 is 5.82 Å². The Morgan fingerprint density at radius 3 is 2.64 bits per heavy atom. The molecule has 0 bridgehead atoms. The zero-order valence-corrected chi connectivity index (χ0v) is 20.3. The van der Waals surface area contributed by atoms with Crippen molar-refractivity contribution < 1.29 is 18.4 Å². The number of hydrogen-bond donors (Lipinski definition) is 0. The van der Waals surface area contributed by atoms with Crippen LogP contribution in [0.5, 0.6) is 11.5 Å². The van der Waals surface area contributed by atoms with Gasteiger partial charge in [0.1, 0.15) is 11.6 Å². The van der Waals surface area contributed by atoms with E-state index in [-0.39, 0.29) is 18.4 Å². The summed E-state index contributed by atoms with van der Waals surface area (Å²) in [5.74, 6) is 1.14. The molecule has 0 aliphatic heterocycles. The fourth-order valence-corrected chi connectivity index (χ4v) is 3.70. The quantitative estimate of drug-likeness (QED) is 0.198. The van der Waals surface area contributed by atoms with Gasteiger partial charge in [-0.1, -0.05) is 47.6 Å². The van der Waals surface area contributed by atoms with Crippen molar-refractivity contribution in [1.29, 1.82) is 0 Å². The summed E-state index contributed by atoms with van der Waals surface area (Å²) in [7, 11) is 1.71. The first kappa shape index (κ1) is 23.3. The normalized spacial score (nSPS) is 11.5. The highest BCUT2D eigenvalue weighted by atomic mass is 79.9. The van der Waals surface area contributed by atoms with Gasteiger partial charge in [0.2, 0.25) is 5.82 Å². The molecule has 0 aliphatic rings. The summed E-state index contributed by atoms with van der Waals surface area (Å²) >= 11 is 3.46. The Labute approximate surface area is 212 Å². The van der Waals surface area contributed by atoms with Gasteiger partial charge in [-0.2, -0.15) is 0 Å². The van der Waals surface area contributed by atoms with Crippen LogP contribution in [-0.4, -0.2) is 36.1 Å². The number of para-hydroxylation sites is 1. The first-order valence-corrected chi connectivity index (χ1v) is 11.4. The fraction of sp³-hybridized carbons (Fsp3) is 0.0833. The Hall–Kier alpha value is -4.45. The Bertz CT molecular complexity index is 1520. The zero-order valence-electron chi connectivity index (χ0n) is 18.7. The summed E-state index contributed by atoms with van der Waals surface area (Å²) in [6, 6.07) is 20.6. The van der Waals surface area contributed by atoms with Gasteiger partial charge in [-0.05, 0) is 50.6 Å². The molecule has 36 heavy (non-hydrogen) atoms. The predicted molar refractivity (Wildman–Crippen MR) is 130 cm³/mol.